The van der Waals surface area contributed by atoms with E-state index < -0.39 is 23.7 Å². The van der Waals surface area contributed by atoms with Crippen molar-refractivity contribution in [1.82, 2.24) is 5.48 Å². The van der Waals surface area contributed by atoms with Gasteiger partial charge >= 0.3 is 0 Å². The lowest BCUT2D eigenvalue weighted by molar-refractivity contribution is -0.255. The van der Waals surface area contributed by atoms with E-state index in [0.29, 0.717) is 17.0 Å². The van der Waals surface area contributed by atoms with Gasteiger partial charge in [0.05, 0.1) is 24.0 Å². The fourth-order valence-corrected chi connectivity index (χ4v) is 4.51. The number of hydrogen-bond donors (Lipinski definition) is 2. The number of benzene rings is 2. The minimum absolute atomic E-state index is 0.0884. The maximum atomic E-state index is 13.0. The van der Waals surface area contributed by atoms with Gasteiger partial charge in [-0.05, 0) is 54.7 Å². The predicted octanol–water partition coefficient (Wildman–Crippen LogP) is 1.39. The van der Waals surface area contributed by atoms with E-state index in [2.05, 4.69) is 0 Å². The minimum Gasteiger partial charge on any atom is -0.545 e. The first-order valence-corrected chi connectivity index (χ1v) is 10.2. The zero-order chi connectivity index (χ0) is 21.7. The van der Waals surface area contributed by atoms with Crippen LogP contribution in [0.25, 0.3) is 0 Å². The second-order valence-corrected chi connectivity index (χ2v) is 8.02. The van der Waals surface area contributed by atoms with Crippen LogP contribution in [-0.2, 0) is 16.0 Å². The quantitative estimate of drug-likeness (QED) is 0.481. The molecule has 3 rings (SSSR count). The maximum Gasteiger partial charge on any atom is 0.263 e. The largest absolute Gasteiger partial charge is 0.545 e. The van der Waals surface area contributed by atoms with Crippen LogP contribution in [0.3, 0.4) is 0 Å². The summed E-state index contributed by atoms with van der Waals surface area (Å²) in [6.07, 6.45) is 2.11. The maximum absolute atomic E-state index is 13.0. The van der Waals surface area contributed by atoms with Crippen LogP contribution in [0.4, 0.5) is 5.69 Å². The monoisotopic (exact) mass is 429 g/mol. The van der Waals surface area contributed by atoms with E-state index in [0.717, 1.165) is 24.2 Å². The van der Waals surface area contributed by atoms with Crippen molar-refractivity contribution < 1.29 is 29.4 Å². The zero-order valence-electron chi connectivity index (χ0n) is 16.3. The lowest BCUT2D eigenvalue weighted by Gasteiger charge is -2.33. The first-order valence-electron chi connectivity index (χ1n) is 9.32. The van der Waals surface area contributed by atoms with Crippen molar-refractivity contribution in [3.63, 3.8) is 0 Å². The molecule has 30 heavy (non-hydrogen) atoms. The van der Waals surface area contributed by atoms with Crippen molar-refractivity contribution in [2.24, 2.45) is 0 Å². The molecule has 0 bridgehead atoms. The Labute approximate surface area is 177 Å². The van der Waals surface area contributed by atoms with Crippen molar-refractivity contribution in [1.29, 1.82) is 0 Å². The number of methoxy groups -OCH3 is 1. The molecule has 1 atom stereocenters. The van der Waals surface area contributed by atoms with E-state index in [1.54, 1.807) is 13.2 Å². The number of nitrogens with zero attached hydrogens (tertiary/aromatic N) is 1. The molecule has 0 spiro atoms. The number of aromatic carboxylic acids is 1. The van der Waals surface area contributed by atoms with Crippen LogP contribution in [-0.4, -0.2) is 41.9 Å². The van der Waals surface area contributed by atoms with Gasteiger partial charge in [0.1, 0.15) is 12.3 Å². The highest BCUT2D eigenvalue weighted by Gasteiger charge is 2.34. The van der Waals surface area contributed by atoms with E-state index in [1.807, 2.05) is 24.3 Å². The molecule has 2 amide bonds. The molecule has 2 aromatic carbocycles. The Hall–Kier alpha value is -3.04. The summed E-state index contributed by atoms with van der Waals surface area (Å²) >= 11 is 1.35. The highest BCUT2D eigenvalue weighted by Crippen LogP contribution is 2.41. The van der Waals surface area contributed by atoms with Gasteiger partial charge in [-0.25, -0.2) is 5.48 Å². The van der Waals surface area contributed by atoms with Crippen molar-refractivity contribution >= 4 is 35.2 Å². The Morgan fingerprint density at radius 3 is 2.60 bits per heavy atom. The number of hydrogen-bond acceptors (Lipinski definition) is 7. The molecule has 0 aromatic heterocycles. The van der Waals surface area contributed by atoms with Gasteiger partial charge in [0.15, 0.2) is 0 Å². The van der Waals surface area contributed by atoms with Gasteiger partial charge in [0.2, 0.25) is 5.91 Å². The Morgan fingerprint density at radius 2 is 1.97 bits per heavy atom. The molecule has 2 N–H and O–H groups in total. The summed E-state index contributed by atoms with van der Waals surface area (Å²) in [5.74, 6) is -1.66. The lowest BCUT2D eigenvalue weighted by atomic mass is 10.1. The molecule has 0 radical (unpaired) electrons. The van der Waals surface area contributed by atoms with Gasteiger partial charge in [-0.3, -0.25) is 14.8 Å². The van der Waals surface area contributed by atoms with Crippen molar-refractivity contribution in [2.75, 3.05) is 18.6 Å². The van der Waals surface area contributed by atoms with E-state index in [-0.39, 0.29) is 11.5 Å². The second kappa shape index (κ2) is 9.64. The molecular formula is C21H21N2O6S-. The van der Waals surface area contributed by atoms with Gasteiger partial charge in [-0.1, -0.05) is 18.2 Å². The number of nitrogens with one attached hydrogen (secondary N) is 1. The average molecular weight is 429 g/mol. The number of carboxylic acids is 1. The molecule has 0 saturated carbocycles. The summed E-state index contributed by atoms with van der Waals surface area (Å²) in [7, 11) is 1.61. The van der Waals surface area contributed by atoms with E-state index in [9.17, 15) is 19.5 Å². The third kappa shape index (κ3) is 4.92. The molecule has 1 aliphatic rings. The molecule has 1 aliphatic heterocycles. The first kappa shape index (κ1) is 21.7. The summed E-state index contributed by atoms with van der Waals surface area (Å²) in [5, 5.41) is 19.6. The van der Waals surface area contributed by atoms with Gasteiger partial charge in [0.25, 0.3) is 5.91 Å². The SMILES string of the molecule is COc1ccc(CCCC2Sc3ccc(C(=O)[O-])cc3N(CC(=O)NO)C2=O)cc1. The summed E-state index contributed by atoms with van der Waals surface area (Å²) in [6.45, 7) is -0.408. The molecule has 9 heteroatoms. The standard InChI is InChI=1S/C21H22N2O6S/c1-29-15-8-5-13(6-9-15)3-2-4-18-20(25)23(12-19(24)22-28)16-11-14(21(26)27)7-10-17(16)30-18/h5-11,18,28H,2-4,12H2,1H3,(H,22,24)(H,26,27)/p-1. The van der Waals surface area contributed by atoms with Crippen LogP contribution >= 0.6 is 11.8 Å². The number of carbonyl (C=O) groups excluding carboxylic acids is 3. The molecule has 158 valence electrons. The van der Waals surface area contributed by atoms with E-state index >= 15 is 0 Å². The highest BCUT2D eigenvalue weighted by atomic mass is 32.2. The van der Waals surface area contributed by atoms with Gasteiger partial charge in [-0.15, -0.1) is 11.8 Å². The van der Waals surface area contributed by atoms with Gasteiger partial charge in [-0.2, -0.15) is 0 Å². The number of amides is 2. The van der Waals surface area contributed by atoms with Crippen LogP contribution in [0.15, 0.2) is 47.4 Å². The summed E-state index contributed by atoms with van der Waals surface area (Å²) in [5.41, 5.74) is 2.87. The Bertz CT molecular complexity index is 947. The van der Waals surface area contributed by atoms with Crippen molar-refractivity contribution in [3.05, 3.63) is 53.6 Å². The number of carbonyl (C=O) groups is 3. The Balaban J connectivity index is 1.75. The van der Waals surface area contributed by atoms with E-state index in [4.69, 9.17) is 9.94 Å². The Morgan fingerprint density at radius 1 is 1.23 bits per heavy atom. The fourth-order valence-electron chi connectivity index (χ4n) is 3.26. The average Bonchev–Trinajstić information content (AvgIpc) is 2.76. The number of thioether (sulfide) groups is 1. The lowest BCUT2D eigenvalue weighted by Crippen LogP contribution is -2.46. The first-order chi connectivity index (χ1) is 14.4. The smallest absolute Gasteiger partial charge is 0.263 e. The predicted molar refractivity (Wildman–Crippen MR) is 109 cm³/mol. The molecule has 0 fully saturated rings. The second-order valence-electron chi connectivity index (χ2n) is 6.78. The molecule has 0 aliphatic carbocycles. The van der Waals surface area contributed by atoms with Crippen LogP contribution < -0.4 is 20.2 Å². The number of anilines is 1. The van der Waals surface area contributed by atoms with Crippen LogP contribution in [0.5, 0.6) is 5.75 Å². The molecule has 1 heterocycles. The molecule has 2 aromatic rings. The van der Waals surface area contributed by atoms with Gasteiger partial charge in [0, 0.05) is 4.90 Å². The van der Waals surface area contributed by atoms with Crippen molar-refractivity contribution in [3.8, 4) is 5.75 Å². The topological polar surface area (TPSA) is 119 Å². The molecule has 8 nitrogen and oxygen atoms in total. The summed E-state index contributed by atoms with van der Waals surface area (Å²) in [4.78, 5) is 37.8. The number of aryl methyl sites for hydroxylation is 1. The third-order valence-corrected chi connectivity index (χ3v) is 6.13. The minimum atomic E-state index is -1.37. The van der Waals surface area contributed by atoms with E-state index in [1.165, 1.54) is 34.3 Å². The molecule has 1 unspecified atom stereocenters. The highest BCUT2D eigenvalue weighted by molar-refractivity contribution is 8.01. The van der Waals surface area contributed by atoms with Gasteiger partial charge < -0.3 is 19.5 Å². The number of hydroxylamine groups is 1. The Kier molecular flexibility index (Phi) is 6.96. The summed E-state index contributed by atoms with van der Waals surface area (Å²) in [6, 6.07) is 12.1. The number of carboxylic acid groups (broad SMARTS) is 1. The van der Waals surface area contributed by atoms with Crippen molar-refractivity contribution in [2.45, 2.75) is 29.4 Å². The number of fused-ring (bicyclic) bond motifs is 1. The normalized spacial score (nSPS) is 15.5. The van der Waals surface area contributed by atoms with Crippen LogP contribution in [0.2, 0.25) is 0 Å². The number of ether oxygens (including phenoxy) is 1. The fraction of sp³-hybridized carbons (Fsp3) is 0.286. The molecular weight excluding hydrogens is 408 g/mol. The third-order valence-electron chi connectivity index (χ3n) is 4.81. The van der Waals surface area contributed by atoms with Crippen LogP contribution in [0.1, 0.15) is 28.8 Å². The summed E-state index contributed by atoms with van der Waals surface area (Å²) < 4.78 is 5.15. The number of rotatable bonds is 8. The zero-order valence-corrected chi connectivity index (χ0v) is 17.1. The molecule has 0 saturated heterocycles. The van der Waals surface area contributed by atoms with Crippen LogP contribution in [0, 0.1) is 0 Å².